The normalized spacial score (nSPS) is 15.6. The summed E-state index contributed by atoms with van der Waals surface area (Å²) in [5.74, 6) is 0.782. The zero-order chi connectivity index (χ0) is 19.1. The van der Waals surface area contributed by atoms with E-state index in [-0.39, 0.29) is 11.8 Å². The Labute approximate surface area is 162 Å². The number of nitrogens with one attached hydrogen (secondary N) is 1. The maximum absolute atomic E-state index is 11.9. The summed E-state index contributed by atoms with van der Waals surface area (Å²) in [5.41, 5.74) is 5.79. The average Bonchev–Trinajstić information content (AvgIpc) is 3.32. The van der Waals surface area contributed by atoms with E-state index in [2.05, 4.69) is 21.4 Å². The highest BCUT2D eigenvalue weighted by Crippen LogP contribution is 2.33. The van der Waals surface area contributed by atoms with Crippen LogP contribution in [0.3, 0.4) is 0 Å². The lowest BCUT2D eigenvalue weighted by atomic mass is 9.98. The summed E-state index contributed by atoms with van der Waals surface area (Å²) in [4.78, 5) is 34.2. The van der Waals surface area contributed by atoms with E-state index in [1.165, 1.54) is 0 Å². The van der Waals surface area contributed by atoms with Crippen molar-refractivity contribution in [3.8, 4) is 22.3 Å². The van der Waals surface area contributed by atoms with Crippen molar-refractivity contribution in [3.05, 3.63) is 60.6 Å². The summed E-state index contributed by atoms with van der Waals surface area (Å²) in [6, 6.07) is 12.0. The van der Waals surface area contributed by atoms with Gasteiger partial charge in [0.15, 0.2) is 0 Å². The van der Waals surface area contributed by atoms with Crippen LogP contribution in [0, 0.1) is 0 Å². The fourth-order valence-electron chi connectivity index (χ4n) is 3.89. The number of fused-ring (bicyclic) bond motifs is 1. The molecule has 28 heavy (non-hydrogen) atoms. The maximum atomic E-state index is 11.9. The molecule has 0 unspecified atom stereocenters. The minimum Gasteiger partial charge on any atom is -0.312 e. The first-order valence-electron chi connectivity index (χ1n) is 9.33. The molecule has 2 aliphatic rings. The molecule has 2 aromatic heterocycles. The molecule has 0 spiro atoms. The molecule has 0 bridgehead atoms. The van der Waals surface area contributed by atoms with E-state index in [0.29, 0.717) is 18.7 Å². The first kappa shape index (κ1) is 16.6. The van der Waals surface area contributed by atoms with Crippen molar-refractivity contribution in [2.24, 2.45) is 0 Å². The van der Waals surface area contributed by atoms with E-state index in [1.807, 2.05) is 41.4 Å². The largest absolute Gasteiger partial charge is 0.312 e. The van der Waals surface area contributed by atoms with E-state index < -0.39 is 0 Å². The predicted molar refractivity (Wildman–Crippen MR) is 107 cm³/mol. The summed E-state index contributed by atoms with van der Waals surface area (Å²) >= 11 is 0. The number of amides is 2. The van der Waals surface area contributed by atoms with E-state index >= 15 is 0 Å². The monoisotopic (exact) mass is 370 g/mol. The molecule has 0 aliphatic carbocycles. The first-order chi connectivity index (χ1) is 13.7. The maximum Gasteiger partial charge on any atom is 0.230 e. The number of carbonyl (C=O) groups excluding carboxylic acids is 2. The van der Waals surface area contributed by atoms with Crippen molar-refractivity contribution in [1.82, 2.24) is 9.97 Å². The SMILES string of the molecule is O=C1Cc2c(-c3cncc(-c4ccc(N5CCCC5=O)cc4)c3)ccnc2N1. The van der Waals surface area contributed by atoms with Crippen molar-refractivity contribution in [2.45, 2.75) is 19.3 Å². The average molecular weight is 370 g/mol. The Kier molecular flexibility index (Phi) is 3.90. The van der Waals surface area contributed by atoms with Crippen molar-refractivity contribution in [1.29, 1.82) is 0 Å². The lowest BCUT2D eigenvalue weighted by Gasteiger charge is -2.16. The number of aromatic nitrogens is 2. The van der Waals surface area contributed by atoms with Gasteiger partial charge in [0.25, 0.3) is 0 Å². The van der Waals surface area contributed by atoms with Crippen LogP contribution >= 0.6 is 0 Å². The zero-order valence-electron chi connectivity index (χ0n) is 15.2. The number of anilines is 2. The van der Waals surface area contributed by atoms with Gasteiger partial charge in [0.05, 0.1) is 6.42 Å². The molecule has 0 saturated carbocycles. The topological polar surface area (TPSA) is 75.2 Å². The van der Waals surface area contributed by atoms with Gasteiger partial charge < -0.3 is 10.2 Å². The number of hydrogen-bond donors (Lipinski definition) is 1. The van der Waals surface area contributed by atoms with Crippen molar-refractivity contribution in [3.63, 3.8) is 0 Å². The number of benzene rings is 1. The Bertz CT molecular complexity index is 1090. The van der Waals surface area contributed by atoms with Crippen LogP contribution in [0.2, 0.25) is 0 Å². The molecule has 1 aromatic carbocycles. The zero-order valence-corrected chi connectivity index (χ0v) is 15.2. The molecular weight excluding hydrogens is 352 g/mol. The fourth-order valence-corrected chi connectivity index (χ4v) is 3.89. The van der Waals surface area contributed by atoms with Crippen LogP contribution in [-0.4, -0.2) is 28.3 Å². The van der Waals surface area contributed by atoms with E-state index in [4.69, 9.17) is 0 Å². The molecule has 1 fully saturated rings. The second kappa shape index (κ2) is 6.56. The van der Waals surface area contributed by atoms with E-state index in [0.717, 1.165) is 46.5 Å². The second-order valence-electron chi connectivity index (χ2n) is 7.07. The number of carbonyl (C=O) groups is 2. The molecule has 2 amide bonds. The van der Waals surface area contributed by atoms with Crippen LogP contribution in [0.15, 0.2) is 55.0 Å². The number of pyridine rings is 2. The van der Waals surface area contributed by atoms with Gasteiger partial charge in [0.1, 0.15) is 5.82 Å². The van der Waals surface area contributed by atoms with Crippen LogP contribution < -0.4 is 10.2 Å². The number of nitrogens with zero attached hydrogens (tertiary/aromatic N) is 3. The Hall–Kier alpha value is -3.54. The van der Waals surface area contributed by atoms with Gasteiger partial charge in [-0.05, 0) is 41.8 Å². The molecule has 6 heteroatoms. The van der Waals surface area contributed by atoms with Gasteiger partial charge in [-0.3, -0.25) is 14.6 Å². The van der Waals surface area contributed by atoms with E-state index in [9.17, 15) is 9.59 Å². The Balaban J connectivity index is 1.48. The van der Waals surface area contributed by atoms with Gasteiger partial charge in [0.2, 0.25) is 11.8 Å². The summed E-state index contributed by atoms with van der Waals surface area (Å²) in [7, 11) is 0. The second-order valence-corrected chi connectivity index (χ2v) is 7.07. The molecule has 3 aromatic rings. The van der Waals surface area contributed by atoms with Gasteiger partial charge in [-0.25, -0.2) is 4.98 Å². The van der Waals surface area contributed by atoms with Crippen molar-refractivity contribution in [2.75, 3.05) is 16.8 Å². The quantitative estimate of drug-likeness (QED) is 0.766. The standard InChI is InChI=1S/C22H18N4O2/c27-20-11-19-18(7-8-24-22(19)25-20)16-10-15(12-23-13-16)14-3-5-17(6-4-14)26-9-1-2-21(26)28/h3-8,10,12-13H,1-2,9,11H2,(H,24,25,27). The van der Waals surface area contributed by atoms with Crippen molar-refractivity contribution >= 4 is 23.3 Å². The number of rotatable bonds is 3. The molecule has 6 nitrogen and oxygen atoms in total. The molecule has 1 N–H and O–H groups in total. The van der Waals surface area contributed by atoms with Crippen LogP contribution in [0.1, 0.15) is 18.4 Å². The molecular formula is C22H18N4O2. The van der Waals surface area contributed by atoms with Crippen LogP contribution in [0.4, 0.5) is 11.5 Å². The highest BCUT2D eigenvalue weighted by atomic mass is 16.2. The highest BCUT2D eigenvalue weighted by molar-refractivity contribution is 6.00. The third-order valence-corrected chi connectivity index (χ3v) is 5.29. The summed E-state index contributed by atoms with van der Waals surface area (Å²) in [6.07, 6.45) is 7.21. The third kappa shape index (κ3) is 2.83. The lowest BCUT2D eigenvalue weighted by Crippen LogP contribution is -2.23. The smallest absolute Gasteiger partial charge is 0.230 e. The Morgan fingerprint density at radius 3 is 2.57 bits per heavy atom. The summed E-state index contributed by atoms with van der Waals surface area (Å²) in [5, 5.41) is 2.79. The highest BCUT2D eigenvalue weighted by Gasteiger charge is 2.23. The molecule has 4 heterocycles. The third-order valence-electron chi connectivity index (χ3n) is 5.29. The Morgan fingerprint density at radius 1 is 0.964 bits per heavy atom. The van der Waals surface area contributed by atoms with Crippen LogP contribution in [0.25, 0.3) is 22.3 Å². The van der Waals surface area contributed by atoms with Gasteiger partial charge >= 0.3 is 0 Å². The molecule has 138 valence electrons. The fraction of sp³-hybridized carbons (Fsp3) is 0.182. The van der Waals surface area contributed by atoms with Crippen LogP contribution in [-0.2, 0) is 16.0 Å². The van der Waals surface area contributed by atoms with Gasteiger partial charge in [-0.1, -0.05) is 12.1 Å². The summed E-state index contributed by atoms with van der Waals surface area (Å²) < 4.78 is 0. The minimum atomic E-state index is -0.0360. The molecule has 5 rings (SSSR count). The number of hydrogen-bond acceptors (Lipinski definition) is 4. The van der Waals surface area contributed by atoms with Gasteiger partial charge in [-0.2, -0.15) is 0 Å². The lowest BCUT2D eigenvalue weighted by molar-refractivity contribution is -0.117. The van der Waals surface area contributed by atoms with Crippen molar-refractivity contribution < 1.29 is 9.59 Å². The van der Waals surface area contributed by atoms with Gasteiger partial charge in [-0.15, -0.1) is 0 Å². The minimum absolute atomic E-state index is 0.0360. The van der Waals surface area contributed by atoms with Gasteiger partial charge in [0, 0.05) is 53.9 Å². The molecule has 0 radical (unpaired) electrons. The van der Waals surface area contributed by atoms with E-state index in [1.54, 1.807) is 12.4 Å². The molecule has 0 atom stereocenters. The first-order valence-corrected chi connectivity index (χ1v) is 9.33. The summed E-state index contributed by atoms with van der Waals surface area (Å²) in [6.45, 7) is 0.787. The van der Waals surface area contributed by atoms with Crippen LogP contribution in [0.5, 0.6) is 0 Å². The molecule has 2 aliphatic heterocycles. The molecule has 1 saturated heterocycles. The Morgan fingerprint density at radius 2 is 1.79 bits per heavy atom. The predicted octanol–water partition coefficient (Wildman–Crippen LogP) is 3.43.